The SMILES string of the molecule is CN1C(=O)[C@@](CCC(=O)NCC2CC2)(Cc2ccccc2)c2ccccc21. The Morgan fingerprint density at radius 2 is 1.81 bits per heavy atom. The molecule has 4 nitrogen and oxygen atoms in total. The minimum absolute atomic E-state index is 0.0502. The van der Waals surface area contributed by atoms with E-state index in [1.807, 2.05) is 49.5 Å². The van der Waals surface area contributed by atoms with Crippen molar-refractivity contribution in [1.82, 2.24) is 5.32 Å². The van der Waals surface area contributed by atoms with Crippen molar-refractivity contribution in [2.75, 3.05) is 18.5 Å². The van der Waals surface area contributed by atoms with Gasteiger partial charge in [-0.05, 0) is 48.8 Å². The molecule has 2 amide bonds. The second kappa shape index (κ2) is 7.18. The molecule has 1 aliphatic carbocycles. The Morgan fingerprint density at radius 1 is 1.11 bits per heavy atom. The van der Waals surface area contributed by atoms with Crippen molar-refractivity contribution in [1.29, 1.82) is 0 Å². The van der Waals surface area contributed by atoms with E-state index in [0.717, 1.165) is 23.4 Å². The van der Waals surface area contributed by atoms with Gasteiger partial charge in [0.25, 0.3) is 0 Å². The number of para-hydroxylation sites is 1. The Balaban J connectivity index is 1.61. The summed E-state index contributed by atoms with van der Waals surface area (Å²) in [5, 5.41) is 3.04. The predicted molar refractivity (Wildman–Crippen MR) is 107 cm³/mol. The summed E-state index contributed by atoms with van der Waals surface area (Å²) < 4.78 is 0. The molecule has 1 fully saturated rings. The zero-order valence-electron chi connectivity index (χ0n) is 15.8. The number of anilines is 1. The summed E-state index contributed by atoms with van der Waals surface area (Å²) >= 11 is 0. The Bertz CT molecular complexity index is 844. The van der Waals surface area contributed by atoms with E-state index in [4.69, 9.17) is 0 Å². The van der Waals surface area contributed by atoms with Crippen LogP contribution in [0.15, 0.2) is 54.6 Å². The molecule has 0 aromatic heterocycles. The van der Waals surface area contributed by atoms with E-state index < -0.39 is 5.41 Å². The number of nitrogens with one attached hydrogen (secondary N) is 1. The lowest BCUT2D eigenvalue weighted by atomic mass is 9.73. The van der Waals surface area contributed by atoms with Crippen LogP contribution in [0.25, 0.3) is 0 Å². The number of benzene rings is 2. The van der Waals surface area contributed by atoms with Crippen LogP contribution < -0.4 is 10.2 Å². The molecule has 0 unspecified atom stereocenters. The lowest BCUT2D eigenvalue weighted by Gasteiger charge is -2.28. The van der Waals surface area contributed by atoms with Crippen molar-refractivity contribution in [2.45, 2.75) is 37.5 Å². The van der Waals surface area contributed by atoms with Crippen molar-refractivity contribution in [3.63, 3.8) is 0 Å². The van der Waals surface area contributed by atoms with Gasteiger partial charge in [-0.2, -0.15) is 0 Å². The average molecular weight is 362 g/mol. The van der Waals surface area contributed by atoms with Gasteiger partial charge >= 0.3 is 0 Å². The molecule has 2 aromatic rings. The molecule has 4 heteroatoms. The Labute approximate surface area is 160 Å². The molecule has 1 aliphatic heterocycles. The average Bonchev–Trinajstić information content (AvgIpc) is 3.51. The van der Waals surface area contributed by atoms with Crippen molar-refractivity contribution in [2.24, 2.45) is 5.92 Å². The number of carbonyl (C=O) groups excluding carboxylic acids is 2. The fourth-order valence-electron chi connectivity index (χ4n) is 4.16. The molecule has 2 aromatic carbocycles. The van der Waals surface area contributed by atoms with Gasteiger partial charge in [0.15, 0.2) is 0 Å². The lowest BCUT2D eigenvalue weighted by Crippen LogP contribution is -2.41. The molecule has 1 N–H and O–H groups in total. The first-order chi connectivity index (χ1) is 13.1. The van der Waals surface area contributed by atoms with E-state index in [-0.39, 0.29) is 11.8 Å². The smallest absolute Gasteiger partial charge is 0.237 e. The van der Waals surface area contributed by atoms with Gasteiger partial charge in [0, 0.05) is 25.7 Å². The van der Waals surface area contributed by atoms with Crippen LogP contribution in [-0.4, -0.2) is 25.4 Å². The number of likely N-dealkylation sites (N-methyl/N-ethyl adjacent to an activating group) is 1. The number of carbonyl (C=O) groups is 2. The fraction of sp³-hybridized carbons (Fsp3) is 0.391. The normalized spacial score (nSPS) is 21.2. The molecular formula is C23H26N2O2. The lowest BCUT2D eigenvalue weighted by molar-refractivity contribution is -0.124. The zero-order valence-corrected chi connectivity index (χ0v) is 15.8. The van der Waals surface area contributed by atoms with Crippen LogP contribution in [0.5, 0.6) is 0 Å². The van der Waals surface area contributed by atoms with Crippen LogP contribution in [0.4, 0.5) is 5.69 Å². The molecule has 1 saturated carbocycles. The van der Waals surface area contributed by atoms with E-state index in [1.54, 1.807) is 4.90 Å². The topological polar surface area (TPSA) is 49.4 Å². The number of amides is 2. The fourth-order valence-corrected chi connectivity index (χ4v) is 4.16. The minimum Gasteiger partial charge on any atom is -0.356 e. The number of nitrogens with zero attached hydrogens (tertiary/aromatic N) is 1. The third kappa shape index (κ3) is 3.48. The molecule has 1 heterocycles. The number of hydrogen-bond donors (Lipinski definition) is 1. The maximum atomic E-state index is 13.4. The van der Waals surface area contributed by atoms with Crippen molar-refractivity contribution >= 4 is 17.5 Å². The summed E-state index contributed by atoms with van der Waals surface area (Å²) in [7, 11) is 1.83. The third-order valence-corrected chi connectivity index (χ3v) is 5.91. The summed E-state index contributed by atoms with van der Waals surface area (Å²) in [6.07, 6.45) is 3.94. The monoisotopic (exact) mass is 362 g/mol. The Hall–Kier alpha value is -2.62. The van der Waals surface area contributed by atoms with Crippen LogP contribution in [0.3, 0.4) is 0 Å². The van der Waals surface area contributed by atoms with Gasteiger partial charge in [0.05, 0.1) is 5.41 Å². The highest BCUT2D eigenvalue weighted by Crippen LogP contribution is 2.46. The molecular weight excluding hydrogens is 336 g/mol. The summed E-state index contributed by atoms with van der Waals surface area (Å²) in [6.45, 7) is 0.773. The summed E-state index contributed by atoms with van der Waals surface area (Å²) in [6, 6.07) is 18.1. The van der Waals surface area contributed by atoms with Gasteiger partial charge in [0.1, 0.15) is 0 Å². The van der Waals surface area contributed by atoms with E-state index >= 15 is 0 Å². The number of fused-ring (bicyclic) bond motifs is 1. The third-order valence-electron chi connectivity index (χ3n) is 5.91. The molecule has 2 aliphatic rings. The van der Waals surface area contributed by atoms with Crippen molar-refractivity contribution < 1.29 is 9.59 Å². The molecule has 0 saturated heterocycles. The maximum absolute atomic E-state index is 13.4. The highest BCUT2D eigenvalue weighted by atomic mass is 16.2. The standard InChI is InChI=1S/C23H26N2O2/c1-25-20-10-6-5-9-19(20)23(22(25)27,15-17-7-3-2-4-8-17)14-13-21(26)24-16-18-11-12-18/h2-10,18H,11-16H2,1H3,(H,24,26)/t23-/m0/s1. The van der Waals surface area contributed by atoms with E-state index in [2.05, 4.69) is 17.4 Å². The Kier molecular flexibility index (Phi) is 4.73. The van der Waals surface area contributed by atoms with Gasteiger partial charge in [-0.3, -0.25) is 9.59 Å². The van der Waals surface area contributed by atoms with E-state index in [0.29, 0.717) is 25.2 Å². The van der Waals surface area contributed by atoms with E-state index in [1.165, 1.54) is 12.8 Å². The first kappa shape index (κ1) is 17.8. The molecule has 1 atom stereocenters. The highest BCUT2D eigenvalue weighted by Gasteiger charge is 2.49. The van der Waals surface area contributed by atoms with Crippen LogP contribution in [0, 0.1) is 5.92 Å². The maximum Gasteiger partial charge on any atom is 0.237 e. The number of hydrogen-bond acceptors (Lipinski definition) is 2. The largest absolute Gasteiger partial charge is 0.356 e. The molecule has 140 valence electrons. The summed E-state index contributed by atoms with van der Waals surface area (Å²) in [4.78, 5) is 27.5. The first-order valence-corrected chi connectivity index (χ1v) is 9.78. The summed E-state index contributed by atoms with van der Waals surface area (Å²) in [5.41, 5.74) is 2.44. The highest BCUT2D eigenvalue weighted by molar-refractivity contribution is 6.08. The predicted octanol–water partition coefficient (Wildman–Crippen LogP) is 3.45. The van der Waals surface area contributed by atoms with Gasteiger partial charge < -0.3 is 10.2 Å². The van der Waals surface area contributed by atoms with Crippen molar-refractivity contribution in [3.8, 4) is 0 Å². The minimum atomic E-state index is -0.677. The zero-order chi connectivity index (χ0) is 18.9. The molecule has 0 bridgehead atoms. The molecule has 4 rings (SSSR count). The second-order valence-corrected chi connectivity index (χ2v) is 7.87. The molecule has 27 heavy (non-hydrogen) atoms. The van der Waals surface area contributed by atoms with Gasteiger partial charge in [-0.15, -0.1) is 0 Å². The quantitative estimate of drug-likeness (QED) is 0.820. The van der Waals surface area contributed by atoms with Gasteiger partial charge in [-0.25, -0.2) is 0 Å². The molecule has 0 radical (unpaired) electrons. The van der Waals surface area contributed by atoms with Gasteiger partial charge in [0.2, 0.25) is 11.8 Å². The van der Waals surface area contributed by atoms with Crippen LogP contribution in [0.1, 0.15) is 36.8 Å². The van der Waals surface area contributed by atoms with Crippen LogP contribution in [0.2, 0.25) is 0 Å². The van der Waals surface area contributed by atoms with Crippen LogP contribution in [-0.2, 0) is 21.4 Å². The Morgan fingerprint density at radius 3 is 2.56 bits per heavy atom. The first-order valence-electron chi connectivity index (χ1n) is 9.78. The number of rotatable bonds is 7. The summed E-state index contributed by atoms with van der Waals surface area (Å²) in [5.74, 6) is 0.795. The van der Waals surface area contributed by atoms with Gasteiger partial charge in [-0.1, -0.05) is 48.5 Å². The van der Waals surface area contributed by atoms with Crippen LogP contribution >= 0.6 is 0 Å². The second-order valence-electron chi connectivity index (χ2n) is 7.87. The van der Waals surface area contributed by atoms with E-state index in [9.17, 15) is 9.59 Å². The van der Waals surface area contributed by atoms with Crippen molar-refractivity contribution in [3.05, 3.63) is 65.7 Å². The molecule has 0 spiro atoms.